The van der Waals surface area contributed by atoms with Gasteiger partial charge in [-0.25, -0.2) is 8.42 Å². The Morgan fingerprint density at radius 1 is 0.828 bits per heavy atom. The summed E-state index contributed by atoms with van der Waals surface area (Å²) >= 11 is 3.55. The summed E-state index contributed by atoms with van der Waals surface area (Å²) in [5, 5.41) is 1.16. The van der Waals surface area contributed by atoms with Gasteiger partial charge < -0.3 is 9.04 Å². The molecule has 0 N–H and O–H groups in total. The molecule has 170 valence electrons. The van der Waals surface area contributed by atoms with Crippen LogP contribution in [0.25, 0.3) is 0 Å². The molecule has 0 bridgehead atoms. The van der Waals surface area contributed by atoms with Crippen LogP contribution in [0.3, 0.4) is 0 Å². The maximum Gasteiger partial charge on any atom is 0.124 e. The molecule has 1 atom stereocenters. The van der Waals surface area contributed by atoms with Gasteiger partial charge in [0.1, 0.15) is 10.1 Å². The number of nitrogens with zero attached hydrogens (tertiary/aromatic N) is 1. The van der Waals surface area contributed by atoms with Crippen LogP contribution in [0.4, 0.5) is 0 Å². The van der Waals surface area contributed by atoms with Gasteiger partial charge in [-0.1, -0.05) is 66.7 Å². The topological polar surface area (TPSA) is 57.2 Å². The second kappa shape index (κ2) is 16.3. The van der Waals surface area contributed by atoms with E-state index in [0.29, 0.717) is 0 Å². The molecule has 0 amide bonds. The number of rotatable bonds is 14. The number of alkyl halides is 1. The number of benzene rings is 1. The fourth-order valence-corrected chi connectivity index (χ4v) is 4.16. The summed E-state index contributed by atoms with van der Waals surface area (Å²) in [5.41, 5.74) is 0.928. The van der Waals surface area contributed by atoms with Gasteiger partial charge >= 0.3 is 0 Å². The van der Waals surface area contributed by atoms with E-state index in [0.717, 1.165) is 10.9 Å². The number of hydrogen-bond donors (Lipinski definition) is 0. The third-order valence-electron chi connectivity index (χ3n) is 5.24. The van der Waals surface area contributed by atoms with Crippen LogP contribution in [-0.2, 0) is 10.1 Å². The van der Waals surface area contributed by atoms with Crippen LogP contribution >= 0.6 is 15.9 Å². The van der Waals surface area contributed by atoms with Gasteiger partial charge in [-0.15, -0.1) is 0 Å². The van der Waals surface area contributed by atoms with Crippen molar-refractivity contribution in [3.8, 4) is 0 Å². The number of hydrogen-bond acceptors (Lipinski definition) is 3. The lowest BCUT2D eigenvalue weighted by atomic mass is 10.1. The predicted octanol–water partition coefficient (Wildman–Crippen LogP) is 6.28. The van der Waals surface area contributed by atoms with E-state index in [1.54, 1.807) is 12.1 Å². The minimum absolute atomic E-state index is 0.178. The van der Waals surface area contributed by atoms with E-state index in [1.165, 1.54) is 94.0 Å². The van der Waals surface area contributed by atoms with Crippen LogP contribution in [0.15, 0.2) is 29.2 Å². The Morgan fingerprint density at radius 3 is 1.72 bits per heavy atom. The van der Waals surface area contributed by atoms with E-state index >= 15 is 0 Å². The molecule has 0 saturated carbocycles. The lowest BCUT2D eigenvalue weighted by molar-refractivity contribution is -0.910. The van der Waals surface area contributed by atoms with Crippen LogP contribution in [0.1, 0.15) is 77.2 Å². The molecule has 0 heterocycles. The Kier molecular flexibility index (Phi) is 16.0. The molecule has 0 fully saturated rings. The molecule has 0 saturated heterocycles. The smallest absolute Gasteiger partial charge is 0.124 e. The van der Waals surface area contributed by atoms with Crippen molar-refractivity contribution in [3.63, 3.8) is 0 Å². The average molecular weight is 493 g/mol. The van der Waals surface area contributed by atoms with E-state index in [4.69, 9.17) is 0 Å². The summed E-state index contributed by atoms with van der Waals surface area (Å²) in [4.78, 5) is -0.178. The van der Waals surface area contributed by atoms with E-state index in [9.17, 15) is 13.0 Å². The zero-order valence-electron chi connectivity index (χ0n) is 19.0. The standard InChI is InChI=1S/C16H35BrN.C7H8O3S/c1-4-6-8-11-15-18(3,14-10-7-5-2)16-12-9-13-17;1-6-2-4-7(5-3-6)11(8,9)10/h4-16H2,1-3H3;2-5H,1H3,(H,8,9,10)/q+1;/p-1. The van der Waals surface area contributed by atoms with Gasteiger partial charge in [-0.05, 0) is 57.6 Å². The normalized spacial score (nSPS) is 13.4. The van der Waals surface area contributed by atoms with Crippen LogP contribution in [0.5, 0.6) is 0 Å². The molecule has 0 aliphatic carbocycles. The maximum absolute atomic E-state index is 10.4. The lowest BCUT2D eigenvalue weighted by Gasteiger charge is -2.35. The Bertz CT molecular complexity index is 608. The summed E-state index contributed by atoms with van der Waals surface area (Å²) in [7, 11) is -1.79. The van der Waals surface area contributed by atoms with E-state index in [1.807, 2.05) is 6.92 Å². The molecule has 4 nitrogen and oxygen atoms in total. The first-order valence-corrected chi connectivity index (χ1v) is 13.6. The molecule has 1 rings (SSSR count). The van der Waals surface area contributed by atoms with Crippen molar-refractivity contribution in [2.75, 3.05) is 32.0 Å². The highest BCUT2D eigenvalue weighted by Gasteiger charge is 2.19. The molecule has 1 aromatic rings. The molecule has 0 spiro atoms. The van der Waals surface area contributed by atoms with Gasteiger partial charge in [-0.3, -0.25) is 0 Å². The van der Waals surface area contributed by atoms with Gasteiger partial charge in [0.25, 0.3) is 0 Å². The molecule has 0 aromatic heterocycles. The third kappa shape index (κ3) is 15.1. The van der Waals surface area contributed by atoms with Gasteiger partial charge in [0.15, 0.2) is 0 Å². The second-order valence-electron chi connectivity index (χ2n) is 8.22. The molecular formula is C23H42BrNO3S. The first-order valence-electron chi connectivity index (χ1n) is 11.1. The Labute approximate surface area is 188 Å². The maximum atomic E-state index is 10.4. The van der Waals surface area contributed by atoms with Gasteiger partial charge in [0.2, 0.25) is 0 Å². The molecular weight excluding hydrogens is 450 g/mol. The fraction of sp³-hybridized carbons (Fsp3) is 0.739. The minimum Gasteiger partial charge on any atom is -0.744 e. The first kappa shape index (κ1) is 28.6. The Hall–Kier alpha value is -0.430. The van der Waals surface area contributed by atoms with Gasteiger partial charge in [-0.2, -0.15) is 0 Å². The van der Waals surface area contributed by atoms with Crippen molar-refractivity contribution in [2.45, 2.75) is 83.5 Å². The third-order valence-corrected chi connectivity index (χ3v) is 6.65. The van der Waals surface area contributed by atoms with Crippen molar-refractivity contribution >= 4 is 26.0 Å². The highest BCUT2D eigenvalue weighted by molar-refractivity contribution is 9.09. The van der Waals surface area contributed by atoms with Crippen molar-refractivity contribution in [1.29, 1.82) is 0 Å². The average Bonchev–Trinajstić information content (AvgIpc) is 2.66. The highest BCUT2D eigenvalue weighted by Crippen LogP contribution is 2.13. The quantitative estimate of drug-likeness (QED) is 0.133. The summed E-state index contributed by atoms with van der Waals surface area (Å²) in [6, 6.07) is 5.78. The zero-order valence-corrected chi connectivity index (χ0v) is 21.4. The van der Waals surface area contributed by atoms with Gasteiger partial charge in [0, 0.05) is 5.33 Å². The second-order valence-corrected chi connectivity index (χ2v) is 10.4. The van der Waals surface area contributed by atoms with E-state index in [-0.39, 0.29) is 4.90 Å². The summed E-state index contributed by atoms with van der Waals surface area (Å²) in [6.45, 7) is 10.6. The van der Waals surface area contributed by atoms with Crippen LogP contribution in [0.2, 0.25) is 0 Å². The SMILES string of the molecule is CCCCCC[N+](C)(CCCCC)CCCCBr.Cc1ccc(S(=O)(=O)[O-])cc1. The Balaban J connectivity index is 0.000000604. The summed E-state index contributed by atoms with van der Waals surface area (Å²) in [5.74, 6) is 0. The lowest BCUT2D eigenvalue weighted by Crippen LogP contribution is -2.46. The molecule has 29 heavy (non-hydrogen) atoms. The van der Waals surface area contributed by atoms with Crippen molar-refractivity contribution in [3.05, 3.63) is 29.8 Å². The molecule has 0 radical (unpaired) electrons. The van der Waals surface area contributed by atoms with Gasteiger partial charge in [0.05, 0.1) is 31.6 Å². The predicted molar refractivity (Wildman–Crippen MR) is 127 cm³/mol. The first-order chi connectivity index (χ1) is 13.7. The van der Waals surface area contributed by atoms with E-state index < -0.39 is 10.1 Å². The van der Waals surface area contributed by atoms with Crippen LogP contribution in [0, 0.1) is 6.92 Å². The van der Waals surface area contributed by atoms with Crippen molar-refractivity contribution < 1.29 is 17.5 Å². The molecule has 6 heteroatoms. The highest BCUT2D eigenvalue weighted by atomic mass is 79.9. The van der Waals surface area contributed by atoms with Crippen LogP contribution < -0.4 is 0 Å². The molecule has 1 aromatic carbocycles. The molecule has 1 unspecified atom stereocenters. The number of aryl methyl sites for hydroxylation is 1. The number of unbranched alkanes of at least 4 members (excludes halogenated alkanes) is 6. The van der Waals surface area contributed by atoms with Crippen molar-refractivity contribution in [1.82, 2.24) is 0 Å². The van der Waals surface area contributed by atoms with Crippen LogP contribution in [-0.4, -0.2) is 49.5 Å². The summed E-state index contributed by atoms with van der Waals surface area (Å²) < 4.78 is 32.5. The molecule has 0 aliphatic rings. The largest absolute Gasteiger partial charge is 0.744 e. The number of quaternary nitrogens is 1. The fourth-order valence-electron chi connectivity index (χ4n) is 3.29. The Morgan fingerprint density at radius 2 is 1.28 bits per heavy atom. The van der Waals surface area contributed by atoms with Crippen molar-refractivity contribution in [2.24, 2.45) is 0 Å². The van der Waals surface area contributed by atoms with E-state index in [2.05, 4.69) is 36.8 Å². The summed E-state index contributed by atoms with van der Waals surface area (Å²) in [6.07, 6.45) is 12.5. The monoisotopic (exact) mass is 491 g/mol. The molecule has 0 aliphatic heterocycles. The minimum atomic E-state index is -4.27. The number of halogens is 1. The zero-order chi connectivity index (χ0) is 22.2.